The summed E-state index contributed by atoms with van der Waals surface area (Å²) in [5, 5.41) is 1.35. The number of carbonyl (C=O) groups is 1. The van der Waals surface area contributed by atoms with Gasteiger partial charge in [-0.05, 0) is 67.8 Å². The minimum absolute atomic E-state index is 0.0742. The van der Waals surface area contributed by atoms with Crippen LogP contribution in [-0.4, -0.2) is 54.9 Å². The van der Waals surface area contributed by atoms with Crippen LogP contribution in [0.25, 0.3) is 16.5 Å². The molecule has 5 rings (SSSR count). The van der Waals surface area contributed by atoms with Crippen LogP contribution in [-0.2, 0) is 27.7 Å². The van der Waals surface area contributed by atoms with Crippen LogP contribution in [0, 0.1) is 11.8 Å². The topological polar surface area (TPSA) is 43.7 Å². The van der Waals surface area contributed by atoms with Gasteiger partial charge in [0.05, 0.1) is 12.5 Å². The highest BCUT2D eigenvalue weighted by Crippen LogP contribution is 2.41. The molecule has 1 fully saturated rings. The van der Waals surface area contributed by atoms with Crippen LogP contribution >= 0.6 is 0 Å². The second-order valence-electron chi connectivity index (χ2n) is 9.57. The largest absolute Gasteiger partial charge is 0.465 e. The molecule has 31 heavy (non-hydrogen) atoms. The molecule has 5 heteroatoms. The molecule has 0 amide bonds. The van der Waals surface area contributed by atoms with Gasteiger partial charge >= 0.3 is 5.97 Å². The Bertz CT molecular complexity index is 986. The van der Waals surface area contributed by atoms with Gasteiger partial charge in [0.15, 0.2) is 0 Å². The lowest BCUT2D eigenvalue weighted by Crippen LogP contribution is -2.44. The number of benzene rings is 1. The molecule has 0 saturated carbocycles. The lowest BCUT2D eigenvalue weighted by Gasteiger charge is -2.39. The Labute approximate surface area is 185 Å². The summed E-state index contributed by atoms with van der Waals surface area (Å²) < 4.78 is 13.4. The molecule has 5 nitrogen and oxygen atoms in total. The summed E-state index contributed by atoms with van der Waals surface area (Å²) in [7, 11) is 4.25. The summed E-state index contributed by atoms with van der Waals surface area (Å²) in [5.74, 6) is 0.525. The number of unbranched alkanes of at least 4 members (excludes halogenated alkanes) is 1. The van der Waals surface area contributed by atoms with Crippen LogP contribution in [0.3, 0.4) is 0 Å². The first-order valence-electron chi connectivity index (χ1n) is 11.9. The van der Waals surface area contributed by atoms with Crippen molar-refractivity contribution in [3.63, 3.8) is 0 Å². The number of aromatic nitrogens is 1. The van der Waals surface area contributed by atoms with Gasteiger partial charge in [0.25, 0.3) is 0 Å². The fourth-order valence-corrected chi connectivity index (χ4v) is 5.73. The predicted octanol–water partition coefficient (Wildman–Crippen LogP) is 4.19. The van der Waals surface area contributed by atoms with Crippen molar-refractivity contribution < 1.29 is 14.3 Å². The van der Waals surface area contributed by atoms with Crippen molar-refractivity contribution in [1.82, 2.24) is 9.47 Å². The number of likely N-dealkylation sites (N-methyl/N-ethyl adjacent to an activating group) is 1. The van der Waals surface area contributed by atoms with Crippen LogP contribution in [0.5, 0.6) is 0 Å². The third kappa shape index (κ3) is 4.06. The normalized spacial score (nSPS) is 24.1. The molecule has 2 aromatic rings. The Kier molecular flexibility index (Phi) is 5.89. The molecule has 2 aliphatic heterocycles. The van der Waals surface area contributed by atoms with Gasteiger partial charge in [0, 0.05) is 49.9 Å². The molecule has 3 heterocycles. The molecule has 2 atom stereocenters. The van der Waals surface area contributed by atoms with Crippen LogP contribution in [0.1, 0.15) is 43.2 Å². The number of nitrogens with zero attached hydrogens (tertiary/aromatic N) is 2. The standard InChI is InChI=1S/C26H34N2O3/c1-27-16-19-15-24-22(21-7-5-8-23(27)25(19)21)14-20(17-28(24)2)26(29)31-11-4-3-6-18-9-12-30-13-10-18/h5,7-8,14,16,18,20,24H,3-4,6,9-13,15,17H2,1-2H3/t20-,24-/m1/s1. The van der Waals surface area contributed by atoms with E-state index in [2.05, 4.69) is 54.0 Å². The number of hydrogen-bond donors (Lipinski definition) is 0. The average molecular weight is 423 g/mol. The minimum atomic E-state index is -0.188. The molecule has 0 N–H and O–H groups in total. The fraction of sp³-hybridized carbons (Fsp3) is 0.577. The maximum absolute atomic E-state index is 12.9. The molecule has 3 aliphatic rings. The van der Waals surface area contributed by atoms with E-state index in [9.17, 15) is 4.79 Å². The highest BCUT2D eigenvalue weighted by molar-refractivity contribution is 5.99. The summed E-state index contributed by atoms with van der Waals surface area (Å²) in [4.78, 5) is 15.2. The molecule has 1 aromatic carbocycles. The molecule has 0 bridgehead atoms. The van der Waals surface area contributed by atoms with Crippen LogP contribution in [0.2, 0.25) is 0 Å². The third-order valence-electron chi connectivity index (χ3n) is 7.47. The zero-order valence-electron chi connectivity index (χ0n) is 18.8. The number of rotatable bonds is 6. The van der Waals surface area contributed by atoms with E-state index in [1.165, 1.54) is 46.9 Å². The first kappa shape index (κ1) is 20.8. The van der Waals surface area contributed by atoms with Crippen molar-refractivity contribution in [3.05, 3.63) is 41.6 Å². The third-order valence-corrected chi connectivity index (χ3v) is 7.47. The summed E-state index contributed by atoms with van der Waals surface area (Å²) in [6.07, 6.45) is 11.1. The van der Waals surface area contributed by atoms with Crippen molar-refractivity contribution in [1.29, 1.82) is 0 Å². The minimum Gasteiger partial charge on any atom is -0.465 e. The molecular formula is C26H34N2O3. The number of esters is 1. The molecule has 1 saturated heterocycles. The van der Waals surface area contributed by atoms with Crippen molar-refractivity contribution in [2.75, 3.05) is 33.4 Å². The Balaban J connectivity index is 1.23. The van der Waals surface area contributed by atoms with Gasteiger partial charge in [0.2, 0.25) is 0 Å². The van der Waals surface area contributed by atoms with E-state index >= 15 is 0 Å². The first-order valence-corrected chi connectivity index (χ1v) is 11.9. The lowest BCUT2D eigenvalue weighted by atomic mass is 9.80. The van der Waals surface area contributed by atoms with E-state index in [0.29, 0.717) is 12.6 Å². The smallest absolute Gasteiger partial charge is 0.314 e. The van der Waals surface area contributed by atoms with Gasteiger partial charge in [-0.15, -0.1) is 0 Å². The second-order valence-corrected chi connectivity index (χ2v) is 9.57. The predicted molar refractivity (Wildman–Crippen MR) is 123 cm³/mol. The average Bonchev–Trinajstić information content (AvgIpc) is 3.11. The van der Waals surface area contributed by atoms with Crippen molar-refractivity contribution in [3.8, 4) is 0 Å². The zero-order chi connectivity index (χ0) is 21.4. The van der Waals surface area contributed by atoms with E-state index in [4.69, 9.17) is 9.47 Å². The number of hydrogen-bond acceptors (Lipinski definition) is 4. The number of ether oxygens (including phenoxy) is 2. The van der Waals surface area contributed by atoms with Gasteiger partial charge in [-0.25, -0.2) is 0 Å². The van der Waals surface area contributed by atoms with Crippen molar-refractivity contribution in [2.45, 2.75) is 44.6 Å². The Morgan fingerprint density at radius 3 is 2.87 bits per heavy atom. The maximum atomic E-state index is 12.9. The van der Waals surface area contributed by atoms with E-state index in [1.807, 2.05) is 0 Å². The number of fused-ring (bicyclic) bond motifs is 2. The van der Waals surface area contributed by atoms with Crippen molar-refractivity contribution >= 4 is 22.4 Å². The summed E-state index contributed by atoms with van der Waals surface area (Å²) in [5.41, 5.74) is 5.25. The van der Waals surface area contributed by atoms with Gasteiger partial charge in [0.1, 0.15) is 0 Å². The van der Waals surface area contributed by atoms with Crippen LogP contribution in [0.15, 0.2) is 30.5 Å². The fourth-order valence-electron chi connectivity index (χ4n) is 5.73. The summed E-state index contributed by atoms with van der Waals surface area (Å²) in [6, 6.07) is 6.86. The molecule has 0 radical (unpaired) electrons. The van der Waals surface area contributed by atoms with Gasteiger partial charge in [-0.1, -0.05) is 24.6 Å². The van der Waals surface area contributed by atoms with E-state index < -0.39 is 0 Å². The van der Waals surface area contributed by atoms with Gasteiger partial charge in [-0.3, -0.25) is 9.69 Å². The SMILES string of the molecule is CN1C[C@H](C(=O)OCCCCC2CCOCC2)C=C2c3cccc4c3c(cn4C)C[C@H]21. The molecule has 1 aliphatic carbocycles. The molecule has 0 spiro atoms. The Hall–Kier alpha value is -2.11. The summed E-state index contributed by atoms with van der Waals surface area (Å²) >= 11 is 0. The number of carbonyl (C=O) groups excluding carboxylic acids is 1. The highest BCUT2D eigenvalue weighted by Gasteiger charge is 2.36. The maximum Gasteiger partial charge on any atom is 0.314 e. The van der Waals surface area contributed by atoms with E-state index in [1.54, 1.807) is 0 Å². The Morgan fingerprint density at radius 1 is 1.19 bits per heavy atom. The zero-order valence-corrected chi connectivity index (χ0v) is 18.8. The Morgan fingerprint density at radius 2 is 2.03 bits per heavy atom. The van der Waals surface area contributed by atoms with Gasteiger partial charge < -0.3 is 14.0 Å². The quantitative estimate of drug-likeness (QED) is 0.517. The molecule has 0 unspecified atom stereocenters. The molecular weight excluding hydrogens is 388 g/mol. The van der Waals surface area contributed by atoms with E-state index in [0.717, 1.165) is 44.9 Å². The monoisotopic (exact) mass is 422 g/mol. The molecule has 166 valence electrons. The summed E-state index contributed by atoms with van der Waals surface area (Å²) in [6.45, 7) is 3.08. The van der Waals surface area contributed by atoms with Crippen LogP contribution in [0.4, 0.5) is 0 Å². The second kappa shape index (κ2) is 8.79. The van der Waals surface area contributed by atoms with E-state index in [-0.39, 0.29) is 11.9 Å². The van der Waals surface area contributed by atoms with Gasteiger partial charge in [-0.2, -0.15) is 0 Å². The highest BCUT2D eigenvalue weighted by atomic mass is 16.5. The van der Waals surface area contributed by atoms with Crippen LogP contribution < -0.4 is 0 Å². The number of aryl methyl sites for hydroxylation is 1. The lowest BCUT2D eigenvalue weighted by molar-refractivity contribution is -0.147. The molecule has 1 aromatic heterocycles. The first-order chi connectivity index (χ1) is 15.1. The van der Waals surface area contributed by atoms with Crippen molar-refractivity contribution in [2.24, 2.45) is 18.9 Å².